The lowest BCUT2D eigenvalue weighted by Crippen LogP contribution is -2.27. The molecule has 0 atom stereocenters. The number of benzene rings is 1. The van der Waals surface area contributed by atoms with Gasteiger partial charge in [-0.2, -0.15) is 0 Å². The van der Waals surface area contributed by atoms with Crippen LogP contribution in [0.1, 0.15) is 23.7 Å². The molecule has 0 fully saturated rings. The molecule has 0 aliphatic carbocycles. The highest BCUT2D eigenvalue weighted by molar-refractivity contribution is 9.10. The highest BCUT2D eigenvalue weighted by atomic mass is 79.9. The Morgan fingerprint density at radius 3 is 2.65 bits per heavy atom. The molecule has 1 amide bonds. The lowest BCUT2D eigenvalue weighted by molar-refractivity contribution is 0.0936. The molecule has 0 unspecified atom stereocenters. The number of amides is 1. The van der Waals surface area contributed by atoms with Crippen LogP contribution in [0.5, 0.6) is 11.5 Å². The molecule has 1 aromatic rings. The Bertz CT molecular complexity index is 451. The Kier molecular flexibility index (Phi) is 7.40. The first-order valence-electron chi connectivity index (χ1n) is 6.41. The zero-order valence-electron chi connectivity index (χ0n) is 12.0. The quantitative estimate of drug-likeness (QED) is 0.736. The largest absolute Gasteiger partial charge is 0.493 e. The molecular formula is C14H20BrNO4. The van der Waals surface area contributed by atoms with Crippen molar-refractivity contribution < 1.29 is 19.0 Å². The number of halogens is 1. The number of hydrogen-bond donors (Lipinski definition) is 1. The minimum atomic E-state index is -0.178. The zero-order valence-corrected chi connectivity index (χ0v) is 13.6. The Balaban J connectivity index is 2.89. The average Bonchev–Trinajstić information content (AvgIpc) is 2.45. The third-order valence-corrected chi connectivity index (χ3v) is 3.12. The Labute approximate surface area is 127 Å². The summed E-state index contributed by atoms with van der Waals surface area (Å²) in [6.45, 7) is 3.55. The predicted octanol–water partition coefficient (Wildman–Crippen LogP) is 2.62. The van der Waals surface area contributed by atoms with Gasteiger partial charge in [0.1, 0.15) is 0 Å². The maximum atomic E-state index is 12.0. The van der Waals surface area contributed by atoms with Gasteiger partial charge in [-0.3, -0.25) is 4.79 Å². The van der Waals surface area contributed by atoms with Crippen molar-refractivity contribution in [2.24, 2.45) is 0 Å². The predicted molar refractivity (Wildman–Crippen MR) is 80.7 cm³/mol. The first-order valence-corrected chi connectivity index (χ1v) is 7.20. The average molecular weight is 346 g/mol. The summed E-state index contributed by atoms with van der Waals surface area (Å²) in [5.41, 5.74) is 0.508. The summed E-state index contributed by atoms with van der Waals surface area (Å²) in [7, 11) is 3.14. The number of rotatable bonds is 8. The number of carbonyl (C=O) groups excluding carboxylic acids is 1. The fourth-order valence-corrected chi connectivity index (χ4v) is 2.12. The summed E-state index contributed by atoms with van der Waals surface area (Å²) < 4.78 is 16.5. The standard InChI is InChI=1S/C14H20BrNO4/c1-4-6-20-13-11(15)8-10(9-12(13)19-3)14(17)16-5-7-18-2/h8-9H,4-7H2,1-3H3,(H,16,17). The first kappa shape index (κ1) is 16.8. The van der Waals surface area contributed by atoms with Crippen LogP contribution in [0.15, 0.2) is 16.6 Å². The SMILES string of the molecule is CCCOc1c(Br)cc(C(=O)NCCOC)cc1OC. The van der Waals surface area contributed by atoms with Crippen LogP contribution in [0, 0.1) is 0 Å². The van der Waals surface area contributed by atoms with Gasteiger partial charge in [0.05, 0.1) is 24.8 Å². The van der Waals surface area contributed by atoms with Crippen molar-refractivity contribution in [3.05, 3.63) is 22.2 Å². The van der Waals surface area contributed by atoms with Gasteiger partial charge in [-0.1, -0.05) is 6.92 Å². The highest BCUT2D eigenvalue weighted by Crippen LogP contribution is 2.36. The van der Waals surface area contributed by atoms with Crippen LogP contribution in [0.2, 0.25) is 0 Å². The number of nitrogens with one attached hydrogen (secondary N) is 1. The van der Waals surface area contributed by atoms with Crippen LogP contribution in [-0.4, -0.2) is 39.9 Å². The van der Waals surface area contributed by atoms with Gasteiger partial charge in [0.2, 0.25) is 0 Å². The van der Waals surface area contributed by atoms with Crippen molar-refractivity contribution in [3.8, 4) is 11.5 Å². The molecule has 0 heterocycles. The highest BCUT2D eigenvalue weighted by Gasteiger charge is 2.15. The number of hydrogen-bond acceptors (Lipinski definition) is 4. The number of methoxy groups -OCH3 is 2. The number of carbonyl (C=O) groups is 1. The van der Waals surface area contributed by atoms with Gasteiger partial charge in [-0.05, 0) is 34.5 Å². The molecule has 0 radical (unpaired) electrons. The van der Waals surface area contributed by atoms with Crippen molar-refractivity contribution >= 4 is 21.8 Å². The molecule has 0 aromatic heterocycles. The lowest BCUT2D eigenvalue weighted by Gasteiger charge is -2.14. The first-order chi connectivity index (χ1) is 9.63. The zero-order chi connectivity index (χ0) is 15.0. The molecule has 0 aliphatic heterocycles. The van der Waals surface area contributed by atoms with Crippen LogP contribution < -0.4 is 14.8 Å². The van der Waals surface area contributed by atoms with Crippen molar-refractivity contribution in [3.63, 3.8) is 0 Å². The van der Waals surface area contributed by atoms with Gasteiger partial charge in [0, 0.05) is 19.2 Å². The molecule has 0 bridgehead atoms. The third-order valence-electron chi connectivity index (χ3n) is 2.53. The molecule has 0 aliphatic rings. The van der Waals surface area contributed by atoms with E-state index in [9.17, 15) is 4.79 Å². The summed E-state index contributed by atoms with van der Waals surface area (Å²) in [4.78, 5) is 12.0. The smallest absolute Gasteiger partial charge is 0.251 e. The van der Waals surface area contributed by atoms with Crippen molar-refractivity contribution in [2.45, 2.75) is 13.3 Å². The van der Waals surface area contributed by atoms with E-state index in [1.54, 1.807) is 26.4 Å². The Morgan fingerprint density at radius 1 is 1.30 bits per heavy atom. The van der Waals surface area contributed by atoms with Crippen LogP contribution in [0.25, 0.3) is 0 Å². The van der Waals surface area contributed by atoms with Gasteiger partial charge in [-0.25, -0.2) is 0 Å². The summed E-state index contributed by atoms with van der Waals surface area (Å²) in [5.74, 6) is 0.968. The summed E-state index contributed by atoms with van der Waals surface area (Å²) in [6, 6.07) is 3.38. The van der Waals surface area contributed by atoms with E-state index in [-0.39, 0.29) is 5.91 Å². The lowest BCUT2D eigenvalue weighted by atomic mass is 10.2. The van der Waals surface area contributed by atoms with Crippen molar-refractivity contribution in [2.75, 3.05) is 34.0 Å². The monoisotopic (exact) mass is 345 g/mol. The van der Waals surface area contributed by atoms with Gasteiger partial charge in [0.25, 0.3) is 5.91 Å². The van der Waals surface area contributed by atoms with E-state index >= 15 is 0 Å². The maximum Gasteiger partial charge on any atom is 0.251 e. The van der Waals surface area contributed by atoms with Crippen LogP contribution >= 0.6 is 15.9 Å². The van der Waals surface area contributed by atoms with E-state index in [2.05, 4.69) is 21.2 Å². The maximum absolute atomic E-state index is 12.0. The molecular weight excluding hydrogens is 326 g/mol. The van der Waals surface area contributed by atoms with E-state index < -0.39 is 0 Å². The van der Waals surface area contributed by atoms with Gasteiger partial charge in [-0.15, -0.1) is 0 Å². The van der Waals surface area contributed by atoms with Gasteiger partial charge < -0.3 is 19.5 Å². The summed E-state index contributed by atoms with van der Waals surface area (Å²) in [5, 5.41) is 2.76. The second-order valence-corrected chi connectivity index (χ2v) is 4.94. The molecule has 1 aromatic carbocycles. The number of ether oxygens (including phenoxy) is 3. The van der Waals surface area contributed by atoms with Gasteiger partial charge >= 0.3 is 0 Å². The Hall–Kier alpha value is -1.27. The molecule has 0 saturated carbocycles. The second kappa shape index (κ2) is 8.81. The molecule has 0 saturated heterocycles. The van der Waals surface area contributed by atoms with Crippen LogP contribution in [0.3, 0.4) is 0 Å². The molecule has 20 heavy (non-hydrogen) atoms. The van der Waals surface area contributed by atoms with E-state index in [0.717, 1.165) is 6.42 Å². The summed E-state index contributed by atoms with van der Waals surface area (Å²) >= 11 is 3.41. The Morgan fingerprint density at radius 2 is 2.05 bits per heavy atom. The van der Waals surface area contributed by atoms with E-state index in [4.69, 9.17) is 14.2 Å². The molecule has 6 heteroatoms. The van der Waals surface area contributed by atoms with E-state index in [0.29, 0.717) is 41.3 Å². The molecule has 112 valence electrons. The fourth-order valence-electron chi connectivity index (χ4n) is 1.56. The molecule has 5 nitrogen and oxygen atoms in total. The van der Waals surface area contributed by atoms with E-state index in [1.807, 2.05) is 6.92 Å². The minimum Gasteiger partial charge on any atom is -0.493 e. The third kappa shape index (κ3) is 4.68. The van der Waals surface area contributed by atoms with E-state index in [1.165, 1.54) is 0 Å². The summed E-state index contributed by atoms with van der Waals surface area (Å²) in [6.07, 6.45) is 0.898. The van der Waals surface area contributed by atoms with Crippen molar-refractivity contribution in [1.29, 1.82) is 0 Å². The minimum absolute atomic E-state index is 0.178. The van der Waals surface area contributed by atoms with Crippen LogP contribution in [0.4, 0.5) is 0 Å². The topological polar surface area (TPSA) is 56.8 Å². The second-order valence-electron chi connectivity index (χ2n) is 4.09. The molecule has 1 rings (SSSR count). The molecule has 1 N–H and O–H groups in total. The normalized spacial score (nSPS) is 10.2. The van der Waals surface area contributed by atoms with Crippen LogP contribution in [-0.2, 0) is 4.74 Å². The fraction of sp³-hybridized carbons (Fsp3) is 0.500. The van der Waals surface area contributed by atoms with Gasteiger partial charge in [0.15, 0.2) is 11.5 Å². The van der Waals surface area contributed by atoms with Crippen molar-refractivity contribution in [1.82, 2.24) is 5.32 Å². The molecule has 0 spiro atoms.